The highest BCUT2D eigenvalue weighted by Gasteiger charge is 2.20. The van der Waals surface area contributed by atoms with Crippen molar-refractivity contribution in [1.82, 2.24) is 24.5 Å². The van der Waals surface area contributed by atoms with Gasteiger partial charge in [-0.05, 0) is 39.9 Å². The lowest BCUT2D eigenvalue weighted by molar-refractivity contribution is 0.0690. The van der Waals surface area contributed by atoms with Crippen molar-refractivity contribution < 1.29 is 9.90 Å². The standard InChI is InChI=1S/C13H18N6O2/c1-8-16-17-12-11(14-9-3-5-18(2)6-4-9)15-10(13(20)21)7-19(8)12/h7,9H,3-6H2,1-2H3,(H,14,15)(H,20,21). The number of rotatable bonds is 3. The lowest BCUT2D eigenvalue weighted by Crippen LogP contribution is -2.37. The van der Waals surface area contributed by atoms with E-state index in [4.69, 9.17) is 0 Å². The van der Waals surface area contributed by atoms with Crippen molar-refractivity contribution in [3.63, 3.8) is 0 Å². The van der Waals surface area contributed by atoms with Crippen LogP contribution in [0.5, 0.6) is 0 Å². The molecule has 3 rings (SSSR count). The highest BCUT2D eigenvalue weighted by molar-refractivity contribution is 5.86. The van der Waals surface area contributed by atoms with Gasteiger partial charge in [-0.25, -0.2) is 9.78 Å². The molecule has 0 amide bonds. The monoisotopic (exact) mass is 290 g/mol. The van der Waals surface area contributed by atoms with E-state index in [1.165, 1.54) is 6.20 Å². The number of aromatic carboxylic acids is 1. The lowest BCUT2D eigenvalue weighted by atomic mass is 10.1. The predicted molar refractivity (Wildman–Crippen MR) is 76.6 cm³/mol. The predicted octanol–water partition coefficient (Wildman–Crippen LogP) is 0.637. The molecule has 2 aromatic heterocycles. The molecule has 0 spiro atoms. The minimum atomic E-state index is -1.06. The van der Waals surface area contributed by atoms with Crippen molar-refractivity contribution in [2.24, 2.45) is 0 Å². The molecule has 2 N–H and O–H groups in total. The largest absolute Gasteiger partial charge is 0.476 e. The van der Waals surface area contributed by atoms with Crippen LogP contribution in [0.4, 0.5) is 5.82 Å². The summed E-state index contributed by atoms with van der Waals surface area (Å²) in [4.78, 5) is 17.7. The van der Waals surface area contributed by atoms with Gasteiger partial charge in [-0.15, -0.1) is 10.2 Å². The zero-order valence-corrected chi connectivity index (χ0v) is 12.1. The van der Waals surface area contributed by atoms with E-state index in [1.54, 1.807) is 11.3 Å². The molecule has 8 heteroatoms. The average Bonchev–Trinajstić information content (AvgIpc) is 2.83. The normalized spacial score (nSPS) is 17.2. The van der Waals surface area contributed by atoms with E-state index in [2.05, 4.69) is 32.4 Å². The lowest BCUT2D eigenvalue weighted by Gasteiger charge is -2.29. The second-order valence-electron chi connectivity index (χ2n) is 5.44. The van der Waals surface area contributed by atoms with E-state index in [1.807, 2.05) is 0 Å². The molecule has 0 aliphatic carbocycles. The summed E-state index contributed by atoms with van der Waals surface area (Å²) in [5.41, 5.74) is 0.553. The molecule has 112 valence electrons. The first kappa shape index (κ1) is 13.7. The van der Waals surface area contributed by atoms with Crippen molar-refractivity contribution in [2.75, 3.05) is 25.5 Å². The van der Waals surface area contributed by atoms with E-state index in [-0.39, 0.29) is 11.7 Å². The summed E-state index contributed by atoms with van der Waals surface area (Å²) in [6.45, 7) is 3.81. The maximum absolute atomic E-state index is 11.2. The van der Waals surface area contributed by atoms with Gasteiger partial charge in [0.15, 0.2) is 11.5 Å². The van der Waals surface area contributed by atoms with Gasteiger partial charge in [0.05, 0.1) is 0 Å². The molecule has 1 aliphatic rings. The fraction of sp³-hybridized carbons (Fsp3) is 0.538. The number of nitrogens with one attached hydrogen (secondary N) is 1. The molecule has 0 unspecified atom stereocenters. The van der Waals surface area contributed by atoms with E-state index in [0.717, 1.165) is 25.9 Å². The van der Waals surface area contributed by atoms with Crippen molar-refractivity contribution in [3.8, 4) is 0 Å². The van der Waals surface area contributed by atoms with Crippen LogP contribution in [-0.2, 0) is 0 Å². The summed E-state index contributed by atoms with van der Waals surface area (Å²) in [5, 5.41) is 20.6. The fourth-order valence-electron chi connectivity index (χ4n) is 2.55. The molecule has 1 aliphatic heterocycles. The van der Waals surface area contributed by atoms with Crippen molar-refractivity contribution in [2.45, 2.75) is 25.8 Å². The summed E-state index contributed by atoms with van der Waals surface area (Å²) in [6.07, 6.45) is 3.44. The topological polar surface area (TPSA) is 95.7 Å². The molecular weight excluding hydrogens is 272 g/mol. The van der Waals surface area contributed by atoms with Crippen LogP contribution in [0.15, 0.2) is 6.20 Å². The highest BCUT2D eigenvalue weighted by Crippen LogP contribution is 2.19. The Morgan fingerprint density at radius 3 is 2.76 bits per heavy atom. The van der Waals surface area contributed by atoms with E-state index < -0.39 is 5.97 Å². The molecule has 0 bridgehead atoms. The Hall–Kier alpha value is -2.22. The van der Waals surface area contributed by atoms with Crippen LogP contribution in [0.2, 0.25) is 0 Å². The molecule has 2 aromatic rings. The summed E-state index contributed by atoms with van der Waals surface area (Å²) < 4.78 is 1.66. The molecule has 0 atom stereocenters. The Labute approximate surface area is 121 Å². The van der Waals surface area contributed by atoms with Crippen LogP contribution >= 0.6 is 0 Å². The second kappa shape index (κ2) is 5.28. The van der Waals surface area contributed by atoms with Crippen molar-refractivity contribution in [3.05, 3.63) is 17.7 Å². The Morgan fingerprint density at radius 2 is 2.10 bits per heavy atom. The van der Waals surface area contributed by atoms with Crippen LogP contribution in [0, 0.1) is 6.92 Å². The number of piperidine rings is 1. The second-order valence-corrected chi connectivity index (χ2v) is 5.44. The molecule has 3 heterocycles. The Morgan fingerprint density at radius 1 is 1.38 bits per heavy atom. The van der Waals surface area contributed by atoms with Gasteiger partial charge in [0.2, 0.25) is 5.65 Å². The molecule has 1 fully saturated rings. The number of likely N-dealkylation sites (tertiary alicyclic amines) is 1. The number of carboxylic acids is 1. The first-order valence-corrected chi connectivity index (χ1v) is 6.95. The van der Waals surface area contributed by atoms with Crippen LogP contribution in [-0.4, -0.2) is 61.7 Å². The number of fused-ring (bicyclic) bond motifs is 1. The zero-order chi connectivity index (χ0) is 15.0. The summed E-state index contributed by atoms with van der Waals surface area (Å²) in [5.74, 6) is 0.0720. The average molecular weight is 290 g/mol. The molecule has 1 saturated heterocycles. The molecular formula is C13H18N6O2. The van der Waals surface area contributed by atoms with E-state index in [0.29, 0.717) is 17.3 Å². The SMILES string of the molecule is Cc1nnc2c(NC3CCN(C)CC3)nc(C(=O)O)cn12. The van der Waals surface area contributed by atoms with Crippen LogP contribution in [0.1, 0.15) is 29.2 Å². The Bertz CT molecular complexity index is 675. The zero-order valence-electron chi connectivity index (χ0n) is 12.1. The summed E-state index contributed by atoms with van der Waals surface area (Å²) in [6, 6.07) is 0.276. The number of aryl methyl sites for hydroxylation is 1. The van der Waals surface area contributed by atoms with Gasteiger partial charge < -0.3 is 15.3 Å². The molecule has 0 aromatic carbocycles. The molecule has 0 radical (unpaired) electrons. The minimum absolute atomic E-state index is 0.0131. The highest BCUT2D eigenvalue weighted by atomic mass is 16.4. The third-order valence-electron chi connectivity index (χ3n) is 3.84. The first-order chi connectivity index (χ1) is 10.0. The van der Waals surface area contributed by atoms with Crippen LogP contribution in [0.3, 0.4) is 0 Å². The third kappa shape index (κ3) is 2.66. The van der Waals surface area contributed by atoms with Gasteiger partial charge in [0.1, 0.15) is 5.82 Å². The van der Waals surface area contributed by atoms with Crippen LogP contribution < -0.4 is 5.32 Å². The van der Waals surface area contributed by atoms with Crippen molar-refractivity contribution in [1.29, 1.82) is 0 Å². The molecule has 21 heavy (non-hydrogen) atoms. The first-order valence-electron chi connectivity index (χ1n) is 6.95. The van der Waals surface area contributed by atoms with Gasteiger partial charge >= 0.3 is 5.97 Å². The van der Waals surface area contributed by atoms with Gasteiger partial charge in [-0.1, -0.05) is 0 Å². The van der Waals surface area contributed by atoms with E-state index in [9.17, 15) is 9.90 Å². The van der Waals surface area contributed by atoms with Gasteiger partial charge in [-0.2, -0.15) is 0 Å². The van der Waals surface area contributed by atoms with Crippen molar-refractivity contribution >= 4 is 17.4 Å². The van der Waals surface area contributed by atoms with Crippen LogP contribution in [0.25, 0.3) is 5.65 Å². The maximum atomic E-state index is 11.2. The number of carbonyl (C=O) groups is 1. The smallest absolute Gasteiger partial charge is 0.356 e. The molecule has 8 nitrogen and oxygen atoms in total. The quantitative estimate of drug-likeness (QED) is 0.856. The number of anilines is 1. The third-order valence-corrected chi connectivity index (χ3v) is 3.84. The Kier molecular flexibility index (Phi) is 3.46. The van der Waals surface area contributed by atoms with Gasteiger partial charge in [0.25, 0.3) is 0 Å². The number of hydrogen-bond acceptors (Lipinski definition) is 6. The summed E-state index contributed by atoms with van der Waals surface area (Å²) in [7, 11) is 2.10. The summed E-state index contributed by atoms with van der Waals surface area (Å²) >= 11 is 0. The Balaban J connectivity index is 1.94. The molecule has 0 saturated carbocycles. The van der Waals surface area contributed by atoms with E-state index >= 15 is 0 Å². The number of nitrogens with zero attached hydrogens (tertiary/aromatic N) is 5. The number of hydrogen-bond donors (Lipinski definition) is 2. The van der Waals surface area contributed by atoms with Gasteiger partial charge in [0, 0.05) is 12.2 Å². The minimum Gasteiger partial charge on any atom is -0.476 e. The maximum Gasteiger partial charge on any atom is 0.356 e. The number of aromatic nitrogens is 4. The number of carboxylic acid groups (broad SMARTS) is 1. The van der Waals surface area contributed by atoms with Gasteiger partial charge in [-0.3, -0.25) is 4.40 Å². The fourth-order valence-corrected chi connectivity index (χ4v) is 2.55.